The minimum Gasteiger partial charge on any atom is -0.507 e. The van der Waals surface area contributed by atoms with E-state index < -0.39 is 17.8 Å². The smallest absolute Gasteiger partial charge is 0.416 e. The van der Waals surface area contributed by atoms with E-state index in [1.54, 1.807) is 30.0 Å². The summed E-state index contributed by atoms with van der Waals surface area (Å²) in [5.41, 5.74) is -0.152. The number of nitrogens with zero attached hydrogens (tertiary/aromatic N) is 1. The fraction of sp³-hybridized carbons (Fsp3) is 0.316. The van der Waals surface area contributed by atoms with Crippen molar-refractivity contribution in [3.8, 4) is 5.75 Å². The van der Waals surface area contributed by atoms with Crippen LogP contribution < -0.4 is 0 Å². The number of hydrogen-bond donors (Lipinski definition) is 1. The Morgan fingerprint density at radius 1 is 1.16 bits per heavy atom. The van der Waals surface area contributed by atoms with Gasteiger partial charge in [-0.25, -0.2) is 0 Å². The predicted octanol–water partition coefficient (Wildman–Crippen LogP) is 4.78. The molecular formula is C19H18F3NO2. The number of phenolic OH excluding ortho intramolecular Hbond substituents is 1. The number of benzene rings is 2. The normalized spacial score (nSPS) is 15.7. The van der Waals surface area contributed by atoms with Crippen molar-refractivity contribution in [2.24, 2.45) is 0 Å². The Hall–Kier alpha value is -2.50. The van der Waals surface area contributed by atoms with Gasteiger partial charge in [0.1, 0.15) is 5.75 Å². The molecule has 1 fully saturated rings. The van der Waals surface area contributed by atoms with Crippen molar-refractivity contribution in [3.05, 3.63) is 65.2 Å². The average Bonchev–Trinajstić information content (AvgIpc) is 3.39. The van der Waals surface area contributed by atoms with E-state index >= 15 is 0 Å². The maximum atomic E-state index is 13.0. The number of carbonyl (C=O) groups is 1. The highest BCUT2D eigenvalue weighted by molar-refractivity contribution is 5.97. The Labute approximate surface area is 143 Å². The molecule has 0 heterocycles. The molecule has 0 radical (unpaired) electrons. The number of aromatic hydroxyl groups is 1. The molecule has 1 amide bonds. The second kappa shape index (κ2) is 6.43. The van der Waals surface area contributed by atoms with Gasteiger partial charge in [-0.3, -0.25) is 4.79 Å². The highest BCUT2D eigenvalue weighted by atomic mass is 19.4. The molecule has 1 aliphatic rings. The standard InChI is InChI=1S/C19H18F3NO2/c1-12(13-5-4-6-14(11-13)19(20,21)22)23(15-9-10-15)18(25)16-7-2-3-8-17(16)24/h2-8,11-12,15,24H,9-10H2,1H3. The van der Waals surface area contributed by atoms with Crippen LogP contribution in [0.3, 0.4) is 0 Å². The zero-order chi connectivity index (χ0) is 18.2. The van der Waals surface area contributed by atoms with E-state index in [1.165, 1.54) is 18.2 Å². The first kappa shape index (κ1) is 17.3. The fourth-order valence-electron chi connectivity index (χ4n) is 2.94. The predicted molar refractivity (Wildman–Crippen MR) is 87.2 cm³/mol. The molecule has 1 N–H and O–H groups in total. The van der Waals surface area contributed by atoms with Gasteiger partial charge in [0.25, 0.3) is 5.91 Å². The molecule has 0 saturated heterocycles. The van der Waals surface area contributed by atoms with Gasteiger partial charge in [-0.1, -0.05) is 24.3 Å². The Kier molecular flexibility index (Phi) is 4.45. The van der Waals surface area contributed by atoms with Crippen molar-refractivity contribution in [2.75, 3.05) is 0 Å². The first-order chi connectivity index (χ1) is 11.8. The number of hydrogen-bond acceptors (Lipinski definition) is 2. The first-order valence-electron chi connectivity index (χ1n) is 8.07. The van der Waals surface area contributed by atoms with E-state index in [0.717, 1.165) is 25.0 Å². The molecule has 3 rings (SSSR count). The molecule has 1 saturated carbocycles. The van der Waals surface area contributed by atoms with Crippen LogP contribution in [0.1, 0.15) is 47.3 Å². The molecule has 2 aromatic rings. The number of halogens is 3. The zero-order valence-electron chi connectivity index (χ0n) is 13.6. The summed E-state index contributed by atoms with van der Waals surface area (Å²) < 4.78 is 38.9. The molecule has 2 aromatic carbocycles. The van der Waals surface area contributed by atoms with Crippen LogP contribution in [0.25, 0.3) is 0 Å². The number of carbonyl (C=O) groups excluding carboxylic acids is 1. The van der Waals surface area contributed by atoms with Crippen LogP contribution in [0.4, 0.5) is 13.2 Å². The van der Waals surface area contributed by atoms with Crippen LogP contribution in [-0.4, -0.2) is 22.0 Å². The Bertz CT molecular complexity index is 784. The van der Waals surface area contributed by atoms with E-state index in [4.69, 9.17) is 0 Å². The van der Waals surface area contributed by atoms with Gasteiger partial charge < -0.3 is 10.0 Å². The third kappa shape index (κ3) is 3.62. The maximum Gasteiger partial charge on any atom is 0.416 e. The van der Waals surface area contributed by atoms with Crippen LogP contribution in [0.2, 0.25) is 0 Å². The van der Waals surface area contributed by atoms with Crippen molar-refractivity contribution < 1.29 is 23.1 Å². The SMILES string of the molecule is CC(c1cccc(C(F)(F)F)c1)N(C(=O)c1ccccc1O)C1CC1. The van der Waals surface area contributed by atoms with Gasteiger partial charge >= 0.3 is 6.18 Å². The Morgan fingerprint density at radius 3 is 2.44 bits per heavy atom. The molecule has 0 spiro atoms. The van der Waals surface area contributed by atoms with Crippen LogP contribution in [0.5, 0.6) is 5.75 Å². The van der Waals surface area contributed by atoms with Gasteiger partial charge in [0.2, 0.25) is 0 Å². The lowest BCUT2D eigenvalue weighted by atomic mass is 10.0. The number of para-hydroxylation sites is 1. The lowest BCUT2D eigenvalue weighted by Gasteiger charge is -2.30. The summed E-state index contributed by atoms with van der Waals surface area (Å²) in [7, 11) is 0. The number of amides is 1. The fourth-order valence-corrected chi connectivity index (χ4v) is 2.94. The molecule has 3 nitrogen and oxygen atoms in total. The highest BCUT2D eigenvalue weighted by Crippen LogP contribution is 2.38. The lowest BCUT2D eigenvalue weighted by molar-refractivity contribution is -0.137. The lowest BCUT2D eigenvalue weighted by Crippen LogP contribution is -2.35. The molecule has 132 valence electrons. The molecule has 0 bridgehead atoms. The van der Waals surface area contributed by atoms with Crippen LogP contribution in [-0.2, 0) is 6.18 Å². The molecule has 25 heavy (non-hydrogen) atoms. The maximum absolute atomic E-state index is 13.0. The number of alkyl halides is 3. The summed E-state index contributed by atoms with van der Waals surface area (Å²) in [4.78, 5) is 14.5. The third-order valence-electron chi connectivity index (χ3n) is 4.42. The minimum atomic E-state index is -4.43. The van der Waals surface area contributed by atoms with E-state index in [1.807, 2.05) is 0 Å². The number of rotatable bonds is 4. The summed E-state index contributed by atoms with van der Waals surface area (Å²) in [6.07, 6.45) is -2.81. The van der Waals surface area contributed by atoms with Gasteiger partial charge in [-0.2, -0.15) is 13.2 Å². The quantitative estimate of drug-likeness (QED) is 0.863. The van der Waals surface area contributed by atoms with Crippen LogP contribution in [0, 0.1) is 0 Å². The van der Waals surface area contributed by atoms with Gasteiger partial charge in [0, 0.05) is 6.04 Å². The van der Waals surface area contributed by atoms with Crippen molar-refractivity contribution >= 4 is 5.91 Å². The van der Waals surface area contributed by atoms with Gasteiger partial charge in [-0.05, 0) is 49.6 Å². The van der Waals surface area contributed by atoms with Crippen molar-refractivity contribution in [3.63, 3.8) is 0 Å². The summed E-state index contributed by atoms with van der Waals surface area (Å²) >= 11 is 0. The Balaban J connectivity index is 1.94. The second-order valence-electron chi connectivity index (χ2n) is 6.26. The van der Waals surface area contributed by atoms with Gasteiger partial charge in [0.15, 0.2) is 0 Å². The molecule has 0 aliphatic heterocycles. The molecule has 1 atom stereocenters. The topological polar surface area (TPSA) is 40.5 Å². The van der Waals surface area contributed by atoms with E-state index in [9.17, 15) is 23.1 Å². The van der Waals surface area contributed by atoms with E-state index in [2.05, 4.69) is 0 Å². The monoisotopic (exact) mass is 349 g/mol. The molecule has 6 heteroatoms. The minimum absolute atomic E-state index is 0.0170. The number of phenols is 1. The zero-order valence-corrected chi connectivity index (χ0v) is 13.6. The van der Waals surface area contributed by atoms with E-state index in [-0.39, 0.29) is 23.3 Å². The summed E-state index contributed by atoms with van der Waals surface area (Å²) in [6.45, 7) is 1.71. The van der Waals surface area contributed by atoms with Gasteiger partial charge in [0.05, 0.1) is 17.2 Å². The molecule has 1 unspecified atom stereocenters. The van der Waals surface area contributed by atoms with Gasteiger partial charge in [-0.15, -0.1) is 0 Å². The second-order valence-corrected chi connectivity index (χ2v) is 6.26. The molecule has 0 aromatic heterocycles. The summed E-state index contributed by atoms with van der Waals surface area (Å²) in [6, 6.07) is 10.7. The summed E-state index contributed by atoms with van der Waals surface area (Å²) in [5, 5.41) is 9.94. The third-order valence-corrected chi connectivity index (χ3v) is 4.42. The van der Waals surface area contributed by atoms with Crippen LogP contribution in [0.15, 0.2) is 48.5 Å². The van der Waals surface area contributed by atoms with E-state index in [0.29, 0.717) is 5.56 Å². The van der Waals surface area contributed by atoms with Crippen LogP contribution >= 0.6 is 0 Å². The largest absolute Gasteiger partial charge is 0.507 e. The average molecular weight is 349 g/mol. The summed E-state index contributed by atoms with van der Waals surface area (Å²) in [5.74, 6) is -0.500. The molecule has 1 aliphatic carbocycles. The van der Waals surface area contributed by atoms with Crippen molar-refractivity contribution in [1.82, 2.24) is 4.90 Å². The van der Waals surface area contributed by atoms with Crippen molar-refractivity contribution in [1.29, 1.82) is 0 Å². The molecular weight excluding hydrogens is 331 g/mol. The first-order valence-corrected chi connectivity index (χ1v) is 8.07. The highest BCUT2D eigenvalue weighted by Gasteiger charge is 2.38. The Morgan fingerprint density at radius 2 is 1.84 bits per heavy atom. The van der Waals surface area contributed by atoms with Crippen molar-refractivity contribution in [2.45, 2.75) is 38.0 Å².